The van der Waals surface area contributed by atoms with Crippen LogP contribution >= 0.6 is 0 Å². The number of morpholine rings is 1. The third-order valence-corrected chi connectivity index (χ3v) is 4.33. The van der Waals surface area contributed by atoms with Crippen LogP contribution in [-0.4, -0.2) is 43.6 Å². The number of sulfonamides is 1. The maximum atomic E-state index is 12.2. The van der Waals surface area contributed by atoms with E-state index in [0.29, 0.717) is 19.7 Å². The summed E-state index contributed by atoms with van der Waals surface area (Å²) in [4.78, 5) is 0. The summed E-state index contributed by atoms with van der Waals surface area (Å²) in [5.41, 5.74) is 0. The van der Waals surface area contributed by atoms with Crippen molar-refractivity contribution in [3.05, 3.63) is 17.9 Å². The molecule has 0 spiro atoms. The van der Waals surface area contributed by atoms with Gasteiger partial charge in [-0.15, -0.1) is 0 Å². The Morgan fingerprint density at radius 1 is 1.53 bits per heavy atom. The standard InChI is InChI=1S/C10H15NO5S/c1-8-6-11(4-5-15-8)17(13,14)10-3-2-9(7-12)16-10/h2-3,8,12H,4-7H2,1H3. The molecule has 96 valence electrons. The molecule has 2 rings (SSSR count). The van der Waals surface area contributed by atoms with Crippen LogP contribution in [0.2, 0.25) is 0 Å². The zero-order valence-electron chi connectivity index (χ0n) is 9.50. The van der Waals surface area contributed by atoms with Crippen molar-refractivity contribution in [1.29, 1.82) is 0 Å². The number of aliphatic hydroxyl groups is 1. The summed E-state index contributed by atoms with van der Waals surface area (Å²) >= 11 is 0. The SMILES string of the molecule is CC1CN(S(=O)(=O)c2ccc(CO)o2)CCO1. The predicted octanol–water partition coefficient (Wildman–Crippen LogP) is 0.181. The molecule has 1 atom stereocenters. The lowest BCUT2D eigenvalue weighted by Gasteiger charge is -2.29. The minimum absolute atomic E-state index is 0.120. The molecule has 1 saturated heterocycles. The molecule has 0 aromatic carbocycles. The predicted molar refractivity (Wildman–Crippen MR) is 58.8 cm³/mol. The summed E-state index contributed by atoms with van der Waals surface area (Å²) in [6.45, 7) is 2.53. The molecule has 2 heterocycles. The summed E-state index contributed by atoms with van der Waals surface area (Å²) in [6.07, 6.45) is -0.120. The largest absolute Gasteiger partial charge is 0.446 e. The average Bonchev–Trinajstić information content (AvgIpc) is 2.78. The quantitative estimate of drug-likeness (QED) is 0.839. The Kier molecular flexibility index (Phi) is 3.53. The Bertz CT molecular complexity index is 481. The lowest BCUT2D eigenvalue weighted by Crippen LogP contribution is -2.44. The van der Waals surface area contributed by atoms with Crippen LogP contribution in [0.5, 0.6) is 0 Å². The van der Waals surface area contributed by atoms with E-state index in [4.69, 9.17) is 14.3 Å². The fraction of sp³-hybridized carbons (Fsp3) is 0.600. The van der Waals surface area contributed by atoms with Crippen molar-refractivity contribution in [3.8, 4) is 0 Å². The van der Waals surface area contributed by atoms with E-state index in [0.717, 1.165) is 0 Å². The van der Waals surface area contributed by atoms with Crippen molar-refractivity contribution >= 4 is 10.0 Å². The third-order valence-electron chi connectivity index (χ3n) is 2.59. The van der Waals surface area contributed by atoms with Crippen LogP contribution < -0.4 is 0 Å². The van der Waals surface area contributed by atoms with Gasteiger partial charge in [-0.3, -0.25) is 0 Å². The number of ether oxygens (including phenoxy) is 1. The lowest BCUT2D eigenvalue weighted by atomic mass is 10.3. The third kappa shape index (κ3) is 2.52. The lowest BCUT2D eigenvalue weighted by molar-refractivity contribution is 0.00972. The number of aliphatic hydroxyl groups excluding tert-OH is 1. The molecule has 0 amide bonds. The molecule has 1 aliphatic heterocycles. The van der Waals surface area contributed by atoms with Gasteiger partial charge in [0.1, 0.15) is 12.4 Å². The highest BCUT2D eigenvalue weighted by Gasteiger charge is 2.31. The molecular weight excluding hydrogens is 246 g/mol. The second kappa shape index (κ2) is 4.77. The molecular formula is C10H15NO5S. The van der Waals surface area contributed by atoms with Gasteiger partial charge in [-0.2, -0.15) is 4.31 Å². The van der Waals surface area contributed by atoms with Crippen LogP contribution in [0.3, 0.4) is 0 Å². The van der Waals surface area contributed by atoms with Crippen molar-refractivity contribution in [2.45, 2.75) is 24.7 Å². The monoisotopic (exact) mass is 261 g/mol. The maximum absolute atomic E-state index is 12.2. The van der Waals surface area contributed by atoms with Crippen molar-refractivity contribution in [2.75, 3.05) is 19.7 Å². The number of nitrogens with zero attached hydrogens (tertiary/aromatic N) is 1. The van der Waals surface area contributed by atoms with Crippen LogP contribution in [0.4, 0.5) is 0 Å². The molecule has 17 heavy (non-hydrogen) atoms. The zero-order valence-corrected chi connectivity index (χ0v) is 10.3. The molecule has 1 aromatic heterocycles. The van der Waals surface area contributed by atoms with E-state index in [-0.39, 0.29) is 23.6 Å². The minimum atomic E-state index is -3.61. The average molecular weight is 261 g/mol. The first-order valence-corrected chi connectivity index (χ1v) is 6.79. The number of hydrogen-bond acceptors (Lipinski definition) is 5. The van der Waals surface area contributed by atoms with E-state index in [9.17, 15) is 8.42 Å². The topological polar surface area (TPSA) is 80.0 Å². The molecule has 1 unspecified atom stereocenters. The number of furan rings is 1. The van der Waals surface area contributed by atoms with Gasteiger partial charge >= 0.3 is 0 Å². The van der Waals surface area contributed by atoms with Crippen molar-refractivity contribution in [2.24, 2.45) is 0 Å². The zero-order chi connectivity index (χ0) is 12.5. The van der Waals surface area contributed by atoms with Gasteiger partial charge in [0.2, 0.25) is 5.09 Å². The van der Waals surface area contributed by atoms with Crippen LogP contribution in [0.1, 0.15) is 12.7 Å². The van der Waals surface area contributed by atoms with Gasteiger partial charge in [-0.25, -0.2) is 8.42 Å². The van der Waals surface area contributed by atoms with Crippen LogP contribution in [-0.2, 0) is 21.4 Å². The normalized spacial score (nSPS) is 22.8. The summed E-state index contributed by atoms with van der Waals surface area (Å²) < 4.78 is 36.0. The summed E-state index contributed by atoms with van der Waals surface area (Å²) in [5, 5.41) is 8.72. The van der Waals surface area contributed by atoms with Crippen molar-refractivity contribution in [3.63, 3.8) is 0 Å². The highest BCUT2D eigenvalue weighted by atomic mass is 32.2. The van der Waals surface area contributed by atoms with Crippen LogP contribution in [0, 0.1) is 0 Å². The molecule has 0 radical (unpaired) electrons. The first kappa shape index (κ1) is 12.6. The second-order valence-corrected chi connectivity index (χ2v) is 5.79. The van der Waals surface area contributed by atoms with Gasteiger partial charge < -0.3 is 14.3 Å². The van der Waals surface area contributed by atoms with Crippen LogP contribution in [0.15, 0.2) is 21.6 Å². The van der Waals surface area contributed by atoms with Gasteiger partial charge in [0, 0.05) is 13.1 Å². The van der Waals surface area contributed by atoms with Gasteiger partial charge in [0.25, 0.3) is 10.0 Å². The minimum Gasteiger partial charge on any atom is -0.446 e. The molecule has 0 bridgehead atoms. The van der Waals surface area contributed by atoms with E-state index in [2.05, 4.69) is 0 Å². The molecule has 1 aromatic rings. The smallest absolute Gasteiger partial charge is 0.276 e. The summed E-state index contributed by atoms with van der Waals surface area (Å²) in [5.74, 6) is 0.241. The Labute approximate surface area is 99.8 Å². The van der Waals surface area contributed by atoms with E-state index in [1.54, 1.807) is 0 Å². The Balaban J connectivity index is 2.23. The molecule has 1 aliphatic rings. The van der Waals surface area contributed by atoms with Gasteiger partial charge in [-0.1, -0.05) is 0 Å². The van der Waals surface area contributed by atoms with Crippen molar-refractivity contribution in [1.82, 2.24) is 4.31 Å². The van der Waals surface area contributed by atoms with E-state index >= 15 is 0 Å². The van der Waals surface area contributed by atoms with Crippen molar-refractivity contribution < 1.29 is 22.7 Å². The first-order valence-electron chi connectivity index (χ1n) is 5.35. The number of hydrogen-bond donors (Lipinski definition) is 1. The van der Waals surface area contributed by atoms with Gasteiger partial charge in [-0.05, 0) is 19.1 Å². The first-order chi connectivity index (χ1) is 8.04. The number of rotatable bonds is 3. The highest BCUT2D eigenvalue weighted by Crippen LogP contribution is 2.20. The van der Waals surface area contributed by atoms with E-state index < -0.39 is 10.0 Å². The molecule has 1 fully saturated rings. The molecule has 0 saturated carbocycles. The fourth-order valence-electron chi connectivity index (χ4n) is 1.71. The Morgan fingerprint density at radius 2 is 2.29 bits per heavy atom. The summed E-state index contributed by atoms with van der Waals surface area (Å²) in [7, 11) is -3.61. The van der Waals surface area contributed by atoms with Gasteiger partial charge in [0.15, 0.2) is 0 Å². The summed E-state index contributed by atoms with van der Waals surface area (Å²) in [6, 6.07) is 2.82. The Morgan fingerprint density at radius 3 is 2.88 bits per heavy atom. The molecule has 1 N–H and O–H groups in total. The fourth-order valence-corrected chi connectivity index (χ4v) is 3.14. The Hall–Kier alpha value is -0.890. The molecule has 7 heteroatoms. The van der Waals surface area contributed by atoms with Crippen LogP contribution in [0.25, 0.3) is 0 Å². The molecule has 6 nitrogen and oxygen atoms in total. The highest BCUT2D eigenvalue weighted by molar-refractivity contribution is 7.89. The van der Waals surface area contributed by atoms with E-state index in [1.165, 1.54) is 16.4 Å². The molecule has 0 aliphatic carbocycles. The van der Waals surface area contributed by atoms with E-state index in [1.807, 2.05) is 6.92 Å². The van der Waals surface area contributed by atoms with Gasteiger partial charge in [0.05, 0.1) is 12.7 Å². The maximum Gasteiger partial charge on any atom is 0.276 e. The second-order valence-electron chi connectivity index (χ2n) is 3.92.